The number of hydrogen-bond acceptors (Lipinski definition) is 4. The van der Waals surface area contributed by atoms with Crippen molar-refractivity contribution >= 4 is 17.4 Å². The maximum Gasteiger partial charge on any atom is 0.310 e. The van der Waals surface area contributed by atoms with E-state index in [9.17, 15) is 4.79 Å². The summed E-state index contributed by atoms with van der Waals surface area (Å²) in [6.07, 6.45) is 2.72. The first-order chi connectivity index (χ1) is 12.8. The number of pyridine rings is 1. The fraction of sp³-hybridized carbons (Fsp3) is 0.136. The van der Waals surface area contributed by atoms with E-state index in [-0.39, 0.29) is 12.4 Å². The van der Waals surface area contributed by atoms with Crippen LogP contribution in [0.15, 0.2) is 77.9 Å². The first-order valence-corrected chi connectivity index (χ1v) is 8.58. The fourth-order valence-electron chi connectivity index (χ4n) is 2.98. The molecule has 0 atom stereocenters. The molecule has 1 aliphatic rings. The number of rotatable bonds is 5. The Morgan fingerprint density at radius 3 is 2.62 bits per heavy atom. The topological polar surface area (TPSA) is 51.5 Å². The van der Waals surface area contributed by atoms with Gasteiger partial charge in [-0.2, -0.15) is 0 Å². The van der Waals surface area contributed by atoms with Crippen LogP contribution in [0.1, 0.15) is 22.4 Å². The minimum absolute atomic E-state index is 0.225. The van der Waals surface area contributed by atoms with Gasteiger partial charge in [-0.1, -0.05) is 48.5 Å². The van der Waals surface area contributed by atoms with E-state index in [1.807, 2.05) is 60.7 Å². The first kappa shape index (κ1) is 16.2. The van der Waals surface area contributed by atoms with Crippen LogP contribution in [-0.2, 0) is 29.0 Å². The highest BCUT2D eigenvalue weighted by atomic mass is 16.5. The number of fused-ring (bicyclic) bond motifs is 1. The lowest BCUT2D eigenvalue weighted by Gasteiger charge is -2.06. The second kappa shape index (κ2) is 7.31. The molecule has 26 heavy (non-hydrogen) atoms. The zero-order valence-electron chi connectivity index (χ0n) is 14.3. The Morgan fingerprint density at radius 2 is 1.77 bits per heavy atom. The number of benzene rings is 2. The molecule has 0 aliphatic carbocycles. The van der Waals surface area contributed by atoms with Crippen molar-refractivity contribution in [3.8, 4) is 0 Å². The summed E-state index contributed by atoms with van der Waals surface area (Å²) < 4.78 is 5.36. The molecule has 0 bridgehead atoms. The highest BCUT2D eigenvalue weighted by molar-refractivity contribution is 6.05. The number of aromatic nitrogens is 1. The van der Waals surface area contributed by atoms with Gasteiger partial charge < -0.3 is 4.74 Å². The normalized spacial score (nSPS) is 12.4. The molecule has 0 saturated heterocycles. The molecular formula is C22H18N2O2. The van der Waals surface area contributed by atoms with Crippen molar-refractivity contribution in [3.05, 3.63) is 95.3 Å². The fourth-order valence-corrected chi connectivity index (χ4v) is 2.98. The quantitative estimate of drug-likeness (QED) is 0.658. The van der Waals surface area contributed by atoms with Crippen LogP contribution in [0.3, 0.4) is 0 Å². The molecule has 2 heterocycles. The number of para-hydroxylation sites is 1. The third-order valence-electron chi connectivity index (χ3n) is 4.32. The SMILES string of the molecule is O=C(Cc1ccnc(C2=Nc3ccccc3C2)c1)OCc1ccccc1. The Bertz CT molecular complexity index is 965. The monoisotopic (exact) mass is 342 g/mol. The molecule has 3 aromatic rings. The molecule has 4 rings (SSSR count). The van der Waals surface area contributed by atoms with E-state index in [0.29, 0.717) is 6.61 Å². The smallest absolute Gasteiger partial charge is 0.310 e. The molecule has 128 valence electrons. The summed E-state index contributed by atoms with van der Waals surface area (Å²) in [5.74, 6) is -0.248. The van der Waals surface area contributed by atoms with Crippen molar-refractivity contribution < 1.29 is 9.53 Å². The predicted octanol–water partition coefficient (Wildman–Crippen LogP) is 4.04. The van der Waals surface area contributed by atoms with E-state index in [4.69, 9.17) is 4.74 Å². The van der Waals surface area contributed by atoms with E-state index in [1.165, 1.54) is 5.56 Å². The standard InChI is InChI=1S/C22H18N2O2/c25-22(26-15-16-6-2-1-3-7-16)13-17-10-11-23-20(12-17)21-14-18-8-4-5-9-19(18)24-21/h1-12H,13-15H2. The van der Waals surface area contributed by atoms with Crippen molar-refractivity contribution in [2.45, 2.75) is 19.4 Å². The van der Waals surface area contributed by atoms with Gasteiger partial charge in [0.05, 0.1) is 23.5 Å². The van der Waals surface area contributed by atoms with Crippen molar-refractivity contribution in [1.29, 1.82) is 0 Å². The summed E-state index contributed by atoms with van der Waals surface area (Å²) in [6.45, 7) is 0.291. The second-order valence-electron chi connectivity index (χ2n) is 6.24. The Balaban J connectivity index is 1.41. The van der Waals surface area contributed by atoms with Gasteiger partial charge in [-0.15, -0.1) is 0 Å². The zero-order valence-corrected chi connectivity index (χ0v) is 14.3. The van der Waals surface area contributed by atoms with Crippen LogP contribution in [0.5, 0.6) is 0 Å². The first-order valence-electron chi connectivity index (χ1n) is 8.58. The molecule has 1 aromatic heterocycles. The molecular weight excluding hydrogens is 324 g/mol. The summed E-state index contributed by atoms with van der Waals surface area (Å²) in [5.41, 5.74) is 5.82. The number of esters is 1. The Kier molecular flexibility index (Phi) is 4.56. The minimum atomic E-state index is -0.248. The van der Waals surface area contributed by atoms with E-state index in [2.05, 4.69) is 16.0 Å². The highest BCUT2D eigenvalue weighted by Crippen LogP contribution is 2.27. The van der Waals surface area contributed by atoms with Crippen LogP contribution in [0.4, 0.5) is 5.69 Å². The van der Waals surface area contributed by atoms with Gasteiger partial charge in [0, 0.05) is 12.6 Å². The summed E-state index contributed by atoms with van der Waals surface area (Å²) in [7, 11) is 0. The Morgan fingerprint density at radius 1 is 0.962 bits per heavy atom. The van der Waals surface area contributed by atoms with Gasteiger partial charge in [0.25, 0.3) is 0 Å². The van der Waals surface area contributed by atoms with Crippen LogP contribution < -0.4 is 0 Å². The third-order valence-corrected chi connectivity index (χ3v) is 4.32. The predicted molar refractivity (Wildman–Crippen MR) is 101 cm³/mol. The average molecular weight is 342 g/mol. The van der Waals surface area contributed by atoms with E-state index < -0.39 is 0 Å². The van der Waals surface area contributed by atoms with Crippen molar-refractivity contribution in [2.75, 3.05) is 0 Å². The number of aliphatic imine (C=N–C) groups is 1. The molecule has 4 nitrogen and oxygen atoms in total. The summed E-state index contributed by atoms with van der Waals surface area (Å²) in [4.78, 5) is 21.2. The van der Waals surface area contributed by atoms with Gasteiger partial charge >= 0.3 is 5.97 Å². The van der Waals surface area contributed by atoms with Gasteiger partial charge in [-0.05, 0) is 34.9 Å². The zero-order chi connectivity index (χ0) is 17.8. The lowest BCUT2D eigenvalue weighted by atomic mass is 10.1. The number of carbonyl (C=O) groups excluding carboxylic acids is 1. The molecule has 1 aliphatic heterocycles. The average Bonchev–Trinajstić information content (AvgIpc) is 3.12. The summed E-state index contributed by atoms with van der Waals surface area (Å²) in [6, 6.07) is 21.5. The van der Waals surface area contributed by atoms with E-state index in [0.717, 1.165) is 34.6 Å². The van der Waals surface area contributed by atoms with Gasteiger partial charge in [-0.25, -0.2) is 0 Å². The molecule has 0 radical (unpaired) electrons. The summed E-state index contributed by atoms with van der Waals surface area (Å²) >= 11 is 0. The van der Waals surface area contributed by atoms with E-state index in [1.54, 1.807) is 6.20 Å². The Hall–Kier alpha value is -3.27. The van der Waals surface area contributed by atoms with Crippen LogP contribution in [0.2, 0.25) is 0 Å². The molecule has 4 heteroatoms. The maximum atomic E-state index is 12.1. The maximum absolute atomic E-state index is 12.1. The van der Waals surface area contributed by atoms with Gasteiger partial charge in [0.2, 0.25) is 0 Å². The molecule has 0 N–H and O–H groups in total. The van der Waals surface area contributed by atoms with Crippen LogP contribution in [0.25, 0.3) is 0 Å². The van der Waals surface area contributed by atoms with Crippen LogP contribution >= 0.6 is 0 Å². The molecule has 0 fully saturated rings. The third kappa shape index (κ3) is 3.70. The van der Waals surface area contributed by atoms with Crippen LogP contribution in [0, 0.1) is 0 Å². The lowest BCUT2D eigenvalue weighted by Crippen LogP contribution is -2.10. The van der Waals surface area contributed by atoms with E-state index >= 15 is 0 Å². The molecule has 2 aromatic carbocycles. The lowest BCUT2D eigenvalue weighted by molar-refractivity contribution is -0.144. The number of ether oxygens (including phenoxy) is 1. The van der Waals surface area contributed by atoms with Crippen molar-refractivity contribution in [1.82, 2.24) is 4.98 Å². The molecule has 0 unspecified atom stereocenters. The molecule has 0 amide bonds. The van der Waals surface area contributed by atoms with Gasteiger partial charge in [0.15, 0.2) is 0 Å². The number of carbonyl (C=O) groups is 1. The highest BCUT2D eigenvalue weighted by Gasteiger charge is 2.17. The molecule has 0 spiro atoms. The van der Waals surface area contributed by atoms with Crippen LogP contribution in [-0.4, -0.2) is 16.7 Å². The van der Waals surface area contributed by atoms with Crippen molar-refractivity contribution in [3.63, 3.8) is 0 Å². The number of hydrogen-bond donors (Lipinski definition) is 0. The van der Waals surface area contributed by atoms with Crippen molar-refractivity contribution in [2.24, 2.45) is 4.99 Å². The Labute approximate surface area is 152 Å². The number of nitrogens with zero attached hydrogens (tertiary/aromatic N) is 2. The van der Waals surface area contributed by atoms with Gasteiger partial charge in [-0.3, -0.25) is 14.8 Å². The largest absolute Gasteiger partial charge is 0.461 e. The minimum Gasteiger partial charge on any atom is -0.461 e. The second-order valence-corrected chi connectivity index (χ2v) is 6.24. The molecule has 0 saturated carbocycles. The summed E-state index contributed by atoms with van der Waals surface area (Å²) in [5, 5.41) is 0. The van der Waals surface area contributed by atoms with Gasteiger partial charge in [0.1, 0.15) is 6.61 Å².